The van der Waals surface area contributed by atoms with E-state index in [0.717, 1.165) is 11.1 Å². The quantitative estimate of drug-likeness (QED) is 0.455. The highest BCUT2D eigenvalue weighted by Crippen LogP contribution is 2.63. The van der Waals surface area contributed by atoms with Gasteiger partial charge in [-0.1, -0.05) is 84.4 Å². The number of amides is 2. The van der Waals surface area contributed by atoms with Crippen LogP contribution in [0.2, 0.25) is 5.02 Å². The van der Waals surface area contributed by atoms with Crippen LogP contribution in [0, 0.1) is 0 Å². The second kappa shape index (κ2) is 8.82. The van der Waals surface area contributed by atoms with Gasteiger partial charge < -0.3 is 4.74 Å². The summed E-state index contributed by atoms with van der Waals surface area (Å²) < 4.78 is 5.46. The van der Waals surface area contributed by atoms with Crippen molar-refractivity contribution >= 4 is 35.1 Å². The molecule has 0 saturated carbocycles. The molecule has 0 radical (unpaired) electrons. The van der Waals surface area contributed by atoms with Crippen molar-refractivity contribution in [2.24, 2.45) is 0 Å². The topological polar surface area (TPSA) is 63.7 Å². The molecule has 0 fully saturated rings. The molecule has 0 saturated heterocycles. The lowest BCUT2D eigenvalue weighted by Crippen LogP contribution is -2.48. The number of benzene rings is 3. The third kappa shape index (κ3) is 3.41. The van der Waals surface area contributed by atoms with Crippen molar-refractivity contribution < 1.29 is 19.1 Å². The maximum atomic E-state index is 14.5. The van der Waals surface area contributed by atoms with Crippen molar-refractivity contribution in [3.05, 3.63) is 112 Å². The van der Waals surface area contributed by atoms with Crippen LogP contribution < -0.4 is 4.90 Å². The molecule has 1 aliphatic heterocycles. The van der Waals surface area contributed by atoms with Crippen molar-refractivity contribution in [3.8, 4) is 0 Å². The molecule has 5 nitrogen and oxygen atoms in total. The molecule has 35 heavy (non-hydrogen) atoms. The van der Waals surface area contributed by atoms with Crippen molar-refractivity contribution in [3.63, 3.8) is 0 Å². The standard InChI is InChI=1S/C29H24ClNO4/c1-3-35-27(33)22-17-24(19-10-6-4-7-11-19)29(26(22)20-12-8-5-9-13-20)23-15-14-21(30)16-25(23)31(18(2)32)28(29)34/h4-17,24,26H,3H2,1-2H3. The number of rotatable bonds is 4. The highest BCUT2D eigenvalue weighted by atomic mass is 35.5. The van der Waals surface area contributed by atoms with E-state index in [1.807, 2.05) is 72.8 Å². The molecule has 1 spiro atoms. The summed E-state index contributed by atoms with van der Waals surface area (Å²) in [6.07, 6.45) is 1.85. The second-order valence-corrected chi connectivity index (χ2v) is 9.20. The predicted octanol–water partition coefficient (Wildman–Crippen LogP) is 5.54. The van der Waals surface area contributed by atoms with Gasteiger partial charge in [0.05, 0.1) is 17.7 Å². The first-order valence-electron chi connectivity index (χ1n) is 11.5. The molecule has 2 aliphatic rings. The van der Waals surface area contributed by atoms with Crippen LogP contribution in [-0.4, -0.2) is 24.4 Å². The Bertz CT molecular complexity index is 1350. The highest BCUT2D eigenvalue weighted by Gasteiger charge is 2.65. The Morgan fingerprint density at radius 3 is 2.20 bits per heavy atom. The van der Waals surface area contributed by atoms with Crippen LogP contribution in [0.5, 0.6) is 0 Å². The number of halogens is 1. The van der Waals surface area contributed by atoms with Crippen molar-refractivity contribution in [2.75, 3.05) is 11.5 Å². The lowest BCUT2D eigenvalue weighted by Gasteiger charge is -2.37. The van der Waals surface area contributed by atoms with Crippen molar-refractivity contribution in [2.45, 2.75) is 31.1 Å². The first-order chi connectivity index (χ1) is 16.9. The minimum absolute atomic E-state index is 0.209. The van der Waals surface area contributed by atoms with Crippen LogP contribution in [0.15, 0.2) is 90.5 Å². The van der Waals surface area contributed by atoms with Gasteiger partial charge in [0, 0.05) is 29.4 Å². The number of allylic oxidation sites excluding steroid dienone is 1. The fourth-order valence-corrected chi connectivity index (χ4v) is 5.85. The molecule has 6 heteroatoms. The van der Waals surface area contributed by atoms with E-state index in [1.54, 1.807) is 19.1 Å². The second-order valence-electron chi connectivity index (χ2n) is 8.76. The third-order valence-electron chi connectivity index (χ3n) is 6.92. The number of carbonyl (C=O) groups is 3. The molecule has 3 aromatic rings. The summed E-state index contributed by atoms with van der Waals surface area (Å²) in [5.41, 5.74) is 1.93. The Hall–Kier alpha value is -3.70. The number of hydrogen-bond donors (Lipinski definition) is 0. The number of esters is 1. The number of carbonyl (C=O) groups excluding carboxylic acids is 3. The molecule has 2 amide bonds. The Morgan fingerprint density at radius 1 is 0.971 bits per heavy atom. The molecule has 1 aliphatic carbocycles. The molecule has 3 aromatic carbocycles. The van der Waals surface area contributed by atoms with Crippen LogP contribution in [0.3, 0.4) is 0 Å². The molecular weight excluding hydrogens is 462 g/mol. The molecule has 1 heterocycles. The van der Waals surface area contributed by atoms with E-state index in [2.05, 4.69) is 0 Å². The van der Waals surface area contributed by atoms with Gasteiger partial charge in [-0.05, 0) is 35.7 Å². The van der Waals surface area contributed by atoms with Crippen molar-refractivity contribution in [1.82, 2.24) is 0 Å². The van der Waals surface area contributed by atoms with Gasteiger partial charge in [0.2, 0.25) is 11.8 Å². The molecule has 0 bridgehead atoms. The fourth-order valence-electron chi connectivity index (χ4n) is 5.68. The van der Waals surface area contributed by atoms with Gasteiger partial charge in [-0.2, -0.15) is 0 Å². The lowest BCUT2D eigenvalue weighted by atomic mass is 9.62. The van der Waals surface area contributed by atoms with Gasteiger partial charge in [-0.15, -0.1) is 0 Å². The van der Waals surface area contributed by atoms with E-state index in [0.29, 0.717) is 21.8 Å². The number of anilines is 1. The van der Waals surface area contributed by atoms with Crippen LogP contribution in [0.4, 0.5) is 5.69 Å². The van der Waals surface area contributed by atoms with E-state index < -0.39 is 29.1 Å². The van der Waals surface area contributed by atoms with E-state index in [-0.39, 0.29) is 12.5 Å². The average molecular weight is 486 g/mol. The Kier molecular flexibility index (Phi) is 5.81. The van der Waals surface area contributed by atoms with E-state index in [4.69, 9.17) is 16.3 Å². The average Bonchev–Trinajstić information content (AvgIpc) is 3.34. The van der Waals surface area contributed by atoms with Gasteiger partial charge in [0.15, 0.2) is 0 Å². The Balaban J connectivity index is 1.88. The van der Waals surface area contributed by atoms with Crippen LogP contribution in [0.25, 0.3) is 0 Å². The minimum Gasteiger partial charge on any atom is -0.463 e. The first kappa shape index (κ1) is 23.1. The van der Waals surface area contributed by atoms with Gasteiger partial charge in [0.25, 0.3) is 0 Å². The summed E-state index contributed by atoms with van der Waals surface area (Å²) in [5, 5.41) is 0.420. The summed E-state index contributed by atoms with van der Waals surface area (Å²) in [4.78, 5) is 41.9. The molecule has 5 rings (SSSR count). The maximum absolute atomic E-state index is 14.5. The predicted molar refractivity (Wildman–Crippen MR) is 134 cm³/mol. The zero-order chi connectivity index (χ0) is 24.7. The highest BCUT2D eigenvalue weighted by molar-refractivity contribution is 6.32. The number of fused-ring (bicyclic) bond motifs is 2. The van der Waals surface area contributed by atoms with E-state index in [9.17, 15) is 14.4 Å². The summed E-state index contributed by atoms with van der Waals surface area (Å²) in [6, 6.07) is 24.3. The first-order valence-corrected chi connectivity index (χ1v) is 11.9. The Morgan fingerprint density at radius 2 is 1.60 bits per heavy atom. The Labute approximate surface area is 209 Å². The van der Waals surface area contributed by atoms with Gasteiger partial charge in [-0.25, -0.2) is 9.69 Å². The number of ether oxygens (including phenoxy) is 1. The van der Waals surface area contributed by atoms with Gasteiger partial charge >= 0.3 is 5.97 Å². The molecule has 3 atom stereocenters. The zero-order valence-corrected chi connectivity index (χ0v) is 20.2. The smallest absolute Gasteiger partial charge is 0.334 e. The number of imide groups is 1. The van der Waals surface area contributed by atoms with Crippen LogP contribution in [0.1, 0.15) is 42.4 Å². The largest absolute Gasteiger partial charge is 0.463 e. The van der Waals surface area contributed by atoms with E-state index >= 15 is 0 Å². The van der Waals surface area contributed by atoms with Crippen LogP contribution >= 0.6 is 11.6 Å². The summed E-state index contributed by atoms with van der Waals surface area (Å²) >= 11 is 6.33. The molecular formula is C29H24ClNO4. The SMILES string of the molecule is CCOC(=O)C1=CC(c2ccccc2)C2(C(=O)N(C(C)=O)c3cc(Cl)ccc32)C1c1ccccc1. The van der Waals surface area contributed by atoms with E-state index in [1.165, 1.54) is 11.8 Å². The molecule has 176 valence electrons. The van der Waals surface area contributed by atoms with Gasteiger partial charge in [0.1, 0.15) is 0 Å². The minimum atomic E-state index is -1.27. The third-order valence-corrected chi connectivity index (χ3v) is 7.16. The normalized spacial score (nSPS) is 22.8. The monoisotopic (exact) mass is 485 g/mol. The maximum Gasteiger partial charge on any atom is 0.334 e. The zero-order valence-electron chi connectivity index (χ0n) is 19.4. The number of nitrogens with zero attached hydrogens (tertiary/aromatic N) is 1. The fraction of sp³-hybridized carbons (Fsp3) is 0.207. The van der Waals surface area contributed by atoms with Gasteiger partial charge in [-0.3, -0.25) is 9.59 Å². The van der Waals surface area contributed by atoms with Crippen LogP contribution in [-0.2, 0) is 24.5 Å². The molecule has 3 unspecified atom stereocenters. The summed E-state index contributed by atoms with van der Waals surface area (Å²) in [7, 11) is 0. The lowest BCUT2D eigenvalue weighted by molar-refractivity contribution is -0.138. The summed E-state index contributed by atoms with van der Waals surface area (Å²) in [6.45, 7) is 3.33. The summed E-state index contributed by atoms with van der Waals surface area (Å²) in [5.74, 6) is -2.42. The molecule has 0 aromatic heterocycles. The molecule has 0 N–H and O–H groups in total. The van der Waals surface area contributed by atoms with Crippen molar-refractivity contribution in [1.29, 1.82) is 0 Å². The number of hydrogen-bond acceptors (Lipinski definition) is 4.